The van der Waals surface area contributed by atoms with Crippen LogP contribution in [0.4, 0.5) is 4.39 Å². The molecule has 1 heterocycles. The van der Waals surface area contributed by atoms with Gasteiger partial charge in [-0.25, -0.2) is 4.39 Å². The number of hydrogen-bond acceptors (Lipinski definition) is 2. The third-order valence-electron chi connectivity index (χ3n) is 1.86. The van der Waals surface area contributed by atoms with E-state index in [1.807, 2.05) is 6.07 Å². The summed E-state index contributed by atoms with van der Waals surface area (Å²) < 4.78 is 15.1. The zero-order valence-corrected chi connectivity index (χ0v) is 8.09. The summed E-state index contributed by atoms with van der Waals surface area (Å²) in [6.07, 6.45) is 1.59. The fourth-order valence-corrected chi connectivity index (χ4v) is 1.38. The first-order valence-corrected chi connectivity index (χ1v) is 4.51. The van der Waals surface area contributed by atoms with E-state index in [0.29, 0.717) is 11.3 Å². The van der Waals surface area contributed by atoms with Gasteiger partial charge in [-0.2, -0.15) is 5.10 Å². The van der Waals surface area contributed by atoms with Gasteiger partial charge >= 0.3 is 0 Å². The lowest BCUT2D eigenvalue weighted by Crippen LogP contribution is -1.98. The van der Waals surface area contributed by atoms with E-state index in [1.165, 1.54) is 12.1 Å². The van der Waals surface area contributed by atoms with Gasteiger partial charge in [0.15, 0.2) is 4.77 Å². The second kappa shape index (κ2) is 3.71. The molecule has 0 saturated carbocycles. The van der Waals surface area contributed by atoms with Crippen LogP contribution in [0.15, 0.2) is 30.6 Å². The molecule has 0 amide bonds. The minimum atomic E-state index is -0.238. The van der Waals surface area contributed by atoms with Gasteiger partial charge in [-0.3, -0.25) is 5.10 Å². The lowest BCUT2D eigenvalue weighted by molar-refractivity contribution is 0.623. The average Bonchev–Trinajstić information content (AvgIpc) is 2.52. The molecule has 14 heavy (non-hydrogen) atoms. The number of aromatic nitrogens is 3. The van der Waals surface area contributed by atoms with E-state index in [4.69, 9.17) is 12.2 Å². The quantitative estimate of drug-likeness (QED) is 0.769. The molecule has 0 unspecified atom stereocenters. The van der Waals surface area contributed by atoms with Crippen molar-refractivity contribution in [2.24, 2.45) is 0 Å². The van der Waals surface area contributed by atoms with Gasteiger partial charge in [0, 0.05) is 0 Å². The first kappa shape index (κ1) is 9.08. The van der Waals surface area contributed by atoms with Gasteiger partial charge in [0.05, 0.1) is 6.54 Å². The maximum Gasteiger partial charge on any atom is 0.195 e. The van der Waals surface area contributed by atoms with Crippen LogP contribution in [-0.2, 0) is 6.54 Å². The minimum absolute atomic E-state index is 0.238. The SMILES string of the molecule is Fc1cccc(Cn2cn[nH]c2=S)c1. The molecule has 0 spiro atoms. The van der Waals surface area contributed by atoms with Crippen molar-refractivity contribution >= 4 is 12.2 Å². The molecule has 0 atom stereocenters. The number of rotatable bonds is 2. The van der Waals surface area contributed by atoms with Crippen LogP contribution < -0.4 is 0 Å². The highest BCUT2D eigenvalue weighted by molar-refractivity contribution is 7.71. The number of halogens is 1. The lowest BCUT2D eigenvalue weighted by Gasteiger charge is -2.01. The summed E-state index contributed by atoms with van der Waals surface area (Å²) in [6, 6.07) is 6.42. The minimum Gasteiger partial charge on any atom is -0.302 e. The van der Waals surface area contributed by atoms with Crippen molar-refractivity contribution in [1.29, 1.82) is 0 Å². The molecule has 0 bridgehead atoms. The van der Waals surface area contributed by atoms with Crippen molar-refractivity contribution in [3.63, 3.8) is 0 Å². The number of hydrogen-bond donors (Lipinski definition) is 1. The largest absolute Gasteiger partial charge is 0.302 e. The molecule has 0 radical (unpaired) electrons. The Labute approximate surface area is 85.2 Å². The van der Waals surface area contributed by atoms with Crippen molar-refractivity contribution in [2.75, 3.05) is 0 Å². The van der Waals surface area contributed by atoms with Crippen molar-refractivity contribution in [2.45, 2.75) is 6.54 Å². The third kappa shape index (κ3) is 1.88. The molecule has 0 aliphatic heterocycles. The van der Waals surface area contributed by atoms with E-state index in [0.717, 1.165) is 5.56 Å². The molecule has 72 valence electrons. The summed E-state index contributed by atoms with van der Waals surface area (Å²) in [4.78, 5) is 0. The van der Waals surface area contributed by atoms with E-state index in [9.17, 15) is 4.39 Å². The summed E-state index contributed by atoms with van der Waals surface area (Å²) >= 11 is 4.97. The molecule has 0 saturated heterocycles. The highest BCUT2D eigenvalue weighted by Gasteiger charge is 1.97. The van der Waals surface area contributed by atoms with Crippen LogP contribution in [0.1, 0.15) is 5.56 Å². The van der Waals surface area contributed by atoms with Gasteiger partial charge in [-0.05, 0) is 29.9 Å². The fourth-order valence-electron chi connectivity index (χ4n) is 1.22. The zero-order chi connectivity index (χ0) is 9.97. The van der Waals surface area contributed by atoms with Gasteiger partial charge in [0.25, 0.3) is 0 Å². The molecule has 0 fully saturated rings. The van der Waals surface area contributed by atoms with Crippen LogP contribution in [0.5, 0.6) is 0 Å². The molecule has 5 heteroatoms. The maximum atomic E-state index is 12.8. The van der Waals surface area contributed by atoms with Crippen LogP contribution in [0.3, 0.4) is 0 Å². The van der Waals surface area contributed by atoms with Crippen LogP contribution in [0, 0.1) is 10.6 Å². The van der Waals surface area contributed by atoms with Gasteiger partial charge in [-0.1, -0.05) is 12.1 Å². The molecule has 1 aromatic carbocycles. The lowest BCUT2D eigenvalue weighted by atomic mass is 10.2. The Morgan fingerprint density at radius 3 is 3.00 bits per heavy atom. The molecule has 0 aliphatic carbocycles. The third-order valence-corrected chi connectivity index (χ3v) is 2.19. The Morgan fingerprint density at radius 2 is 2.36 bits per heavy atom. The smallest absolute Gasteiger partial charge is 0.195 e. The molecule has 2 aromatic rings. The highest BCUT2D eigenvalue weighted by Crippen LogP contribution is 2.05. The number of benzene rings is 1. The van der Waals surface area contributed by atoms with E-state index in [-0.39, 0.29) is 5.82 Å². The molecule has 1 N–H and O–H groups in total. The van der Waals surface area contributed by atoms with Crippen molar-refractivity contribution in [3.8, 4) is 0 Å². The summed E-state index contributed by atoms with van der Waals surface area (Å²) in [7, 11) is 0. The van der Waals surface area contributed by atoms with E-state index < -0.39 is 0 Å². The summed E-state index contributed by atoms with van der Waals surface area (Å²) in [5.74, 6) is -0.238. The monoisotopic (exact) mass is 209 g/mol. The number of nitrogens with one attached hydrogen (secondary N) is 1. The topological polar surface area (TPSA) is 33.6 Å². The molecular formula is C9H8FN3S. The van der Waals surface area contributed by atoms with Gasteiger partial charge in [0.2, 0.25) is 0 Å². The Bertz CT molecular complexity index is 489. The maximum absolute atomic E-state index is 12.8. The summed E-state index contributed by atoms with van der Waals surface area (Å²) in [5, 5.41) is 6.42. The normalized spacial score (nSPS) is 10.4. The predicted molar refractivity (Wildman–Crippen MR) is 52.9 cm³/mol. The van der Waals surface area contributed by atoms with E-state index in [2.05, 4.69) is 10.2 Å². The van der Waals surface area contributed by atoms with Crippen LogP contribution in [0.25, 0.3) is 0 Å². The number of aromatic amines is 1. The van der Waals surface area contributed by atoms with Crippen molar-refractivity contribution in [3.05, 3.63) is 46.7 Å². The predicted octanol–water partition coefficient (Wildman–Crippen LogP) is 2.13. The van der Waals surface area contributed by atoms with Crippen molar-refractivity contribution < 1.29 is 4.39 Å². The fraction of sp³-hybridized carbons (Fsp3) is 0.111. The molecule has 2 rings (SSSR count). The summed E-state index contributed by atoms with van der Waals surface area (Å²) in [5.41, 5.74) is 0.863. The highest BCUT2D eigenvalue weighted by atomic mass is 32.1. The van der Waals surface area contributed by atoms with E-state index >= 15 is 0 Å². The van der Waals surface area contributed by atoms with Gasteiger partial charge < -0.3 is 4.57 Å². The number of H-pyrrole nitrogens is 1. The standard InChI is InChI=1S/C9H8FN3S/c10-8-3-1-2-7(4-8)5-13-6-11-12-9(13)14/h1-4,6H,5H2,(H,12,14). The average molecular weight is 209 g/mol. The Balaban J connectivity index is 2.27. The van der Waals surface area contributed by atoms with E-state index in [1.54, 1.807) is 17.0 Å². The van der Waals surface area contributed by atoms with Crippen molar-refractivity contribution in [1.82, 2.24) is 14.8 Å². The van der Waals surface area contributed by atoms with Crippen LogP contribution in [-0.4, -0.2) is 14.8 Å². The first-order valence-electron chi connectivity index (χ1n) is 4.10. The van der Waals surface area contributed by atoms with Gasteiger partial charge in [0.1, 0.15) is 12.1 Å². The molecule has 3 nitrogen and oxygen atoms in total. The Morgan fingerprint density at radius 1 is 1.50 bits per heavy atom. The Hall–Kier alpha value is -1.49. The Kier molecular flexibility index (Phi) is 2.41. The molecular weight excluding hydrogens is 201 g/mol. The van der Waals surface area contributed by atoms with Crippen LogP contribution >= 0.6 is 12.2 Å². The molecule has 0 aliphatic rings. The first-order chi connectivity index (χ1) is 6.75. The summed E-state index contributed by atoms with van der Waals surface area (Å²) in [6.45, 7) is 0.535. The zero-order valence-electron chi connectivity index (χ0n) is 7.27. The second-order valence-electron chi connectivity index (χ2n) is 2.92. The van der Waals surface area contributed by atoms with Gasteiger partial charge in [-0.15, -0.1) is 0 Å². The van der Waals surface area contributed by atoms with Crippen LogP contribution in [0.2, 0.25) is 0 Å². The second-order valence-corrected chi connectivity index (χ2v) is 3.31. The number of nitrogens with zero attached hydrogens (tertiary/aromatic N) is 2. The molecule has 1 aromatic heterocycles.